The van der Waals surface area contributed by atoms with E-state index in [1.165, 1.54) is 14.2 Å². The number of methoxy groups -OCH3 is 2. The number of hydrogen-bond donors (Lipinski definition) is 4. The quantitative estimate of drug-likeness (QED) is 0.104. The smallest absolute Gasteiger partial charge is 0.407 e. The summed E-state index contributed by atoms with van der Waals surface area (Å²) in [5.74, 6) is 1.49. The van der Waals surface area contributed by atoms with Crippen molar-refractivity contribution in [3.8, 4) is 22.4 Å². The standard InChI is InChI=1S/C53H54N8O7/c1-66-52(64)58-44(30-7-4-3-5-8-30)50(62)60-22-6-9-43(60)48-55-41-19-16-36-26-35(15-18-40(36)46(41)57-48)32-10-11-34-27-37(13-12-33(34)25-32)42-29-54-49(56-42)47-38-14-17-39(28-38)61(47)51(63)45(59-53(65)67-2)31-20-23-68-24-21-31/h3-5,7-8,10-13,15-16,18-19,25-27,29,31,38-39,43-45,47H,6,9,14,17,20-24,28H2,1-2H3,(H,54,56)(H,55,57)(H,58,64)(H,59,65)/t38-,39+,43-,44-,45-,47-/m0/s1. The van der Waals surface area contributed by atoms with Crippen molar-refractivity contribution in [1.82, 2.24) is 40.4 Å². The van der Waals surface area contributed by atoms with Crippen LogP contribution in [-0.4, -0.2) is 99.8 Å². The highest BCUT2D eigenvalue weighted by atomic mass is 16.5. The topological polar surface area (TPSA) is 184 Å². The molecule has 4 N–H and O–H groups in total. The van der Waals surface area contributed by atoms with Crippen molar-refractivity contribution in [2.24, 2.45) is 11.8 Å². The number of imidazole rings is 2. The lowest BCUT2D eigenvalue weighted by molar-refractivity contribution is -0.140. The molecule has 5 heterocycles. The number of alkyl carbamates (subject to hydrolysis) is 2. The fraction of sp³-hybridized carbons (Fsp3) is 0.358. The summed E-state index contributed by atoms with van der Waals surface area (Å²) in [6.45, 7) is 1.68. The normalized spacial score (nSPS) is 21.3. The molecule has 2 bridgehead atoms. The molecule has 11 rings (SSSR count). The molecule has 6 atom stereocenters. The second-order valence-corrected chi connectivity index (χ2v) is 18.6. The fourth-order valence-corrected chi connectivity index (χ4v) is 11.4. The number of ether oxygens (including phenoxy) is 3. The first-order valence-corrected chi connectivity index (χ1v) is 23.7. The van der Waals surface area contributed by atoms with Crippen molar-refractivity contribution in [3.05, 3.63) is 120 Å². The number of hydrogen-bond acceptors (Lipinski definition) is 9. The third kappa shape index (κ3) is 7.97. The van der Waals surface area contributed by atoms with E-state index in [1.807, 2.05) is 52.4 Å². The van der Waals surface area contributed by atoms with Crippen molar-refractivity contribution < 1.29 is 33.4 Å². The summed E-state index contributed by atoms with van der Waals surface area (Å²) in [6.07, 6.45) is 6.46. The van der Waals surface area contributed by atoms with E-state index in [4.69, 9.17) is 24.2 Å². The van der Waals surface area contributed by atoms with Crippen molar-refractivity contribution in [2.45, 2.75) is 75.2 Å². The van der Waals surface area contributed by atoms with Gasteiger partial charge in [0.2, 0.25) is 5.91 Å². The first kappa shape index (κ1) is 43.3. The zero-order valence-corrected chi connectivity index (χ0v) is 38.1. The maximum atomic E-state index is 14.4. The number of aromatic nitrogens is 4. The number of benzene rings is 5. The summed E-state index contributed by atoms with van der Waals surface area (Å²) < 4.78 is 15.4. The summed E-state index contributed by atoms with van der Waals surface area (Å²) >= 11 is 0. The molecule has 7 aromatic rings. The van der Waals surface area contributed by atoms with Crippen LogP contribution in [0.1, 0.15) is 80.3 Å². The fourth-order valence-electron chi connectivity index (χ4n) is 11.4. The molecule has 4 aliphatic rings. The Bertz CT molecular complexity index is 3050. The molecule has 4 fully saturated rings. The first-order chi connectivity index (χ1) is 33.2. The Morgan fingerprint density at radius 1 is 0.735 bits per heavy atom. The highest BCUT2D eigenvalue weighted by Gasteiger charge is 2.52. The molecule has 0 spiro atoms. The van der Waals surface area contributed by atoms with Crippen molar-refractivity contribution >= 4 is 56.6 Å². The molecular formula is C53H54N8O7. The van der Waals surface area contributed by atoms with Crippen LogP contribution in [-0.2, 0) is 23.8 Å². The lowest BCUT2D eigenvalue weighted by Gasteiger charge is -2.39. The molecule has 3 aliphatic heterocycles. The number of likely N-dealkylation sites (tertiary alicyclic amines) is 2. The van der Waals surface area contributed by atoms with E-state index in [2.05, 4.69) is 81.3 Å². The van der Waals surface area contributed by atoms with Gasteiger partial charge < -0.3 is 44.6 Å². The molecule has 2 aromatic heterocycles. The SMILES string of the molecule is COC(=O)N[C@H](C(=O)N1CCC[C@H]1c1nc2ccc3cc(-c4ccc5cc(-c6cnc([C@@H]7[C@H]8CC[C@H](C8)N7C(=O)[C@@H](NC(=O)OC)C7CCOCC7)[nH]6)ccc5c4)ccc3c2[nH]1)c1ccccc1. The highest BCUT2D eigenvalue weighted by Crippen LogP contribution is 2.50. The van der Waals surface area contributed by atoms with Gasteiger partial charge in [0.05, 0.1) is 49.2 Å². The predicted molar refractivity (Wildman–Crippen MR) is 256 cm³/mol. The molecule has 0 unspecified atom stereocenters. The highest BCUT2D eigenvalue weighted by molar-refractivity contribution is 6.06. The minimum atomic E-state index is -0.889. The van der Waals surface area contributed by atoms with Crippen LogP contribution in [0.25, 0.3) is 55.0 Å². The number of aromatic amines is 2. The molecule has 15 heteroatoms. The number of nitrogens with zero attached hydrogens (tertiary/aromatic N) is 4. The van der Waals surface area contributed by atoms with Crippen molar-refractivity contribution in [1.29, 1.82) is 0 Å². The van der Waals surface area contributed by atoms with E-state index in [-0.39, 0.29) is 35.9 Å². The van der Waals surface area contributed by atoms with E-state index >= 15 is 0 Å². The van der Waals surface area contributed by atoms with Gasteiger partial charge in [-0.15, -0.1) is 0 Å². The Kier molecular flexibility index (Phi) is 11.5. The first-order valence-electron chi connectivity index (χ1n) is 23.7. The van der Waals surface area contributed by atoms with Crippen molar-refractivity contribution in [2.75, 3.05) is 34.0 Å². The lowest BCUT2D eigenvalue weighted by Crippen LogP contribution is -2.55. The van der Waals surface area contributed by atoms with Gasteiger partial charge in [-0.2, -0.15) is 0 Å². The average Bonchev–Trinajstić information content (AvgIpc) is 4.26. The Morgan fingerprint density at radius 2 is 1.44 bits per heavy atom. The predicted octanol–water partition coefficient (Wildman–Crippen LogP) is 8.89. The zero-order chi connectivity index (χ0) is 46.5. The number of amides is 4. The van der Waals surface area contributed by atoms with E-state index in [0.29, 0.717) is 44.1 Å². The number of carbonyl (C=O) groups excluding carboxylic acids is 4. The van der Waals surface area contributed by atoms with Gasteiger partial charge in [0, 0.05) is 36.8 Å². The minimum Gasteiger partial charge on any atom is -0.453 e. The van der Waals surface area contributed by atoms with Gasteiger partial charge in [0.15, 0.2) is 0 Å². The molecule has 1 aliphatic carbocycles. The van der Waals surface area contributed by atoms with Crippen LogP contribution in [0.5, 0.6) is 0 Å². The van der Waals surface area contributed by atoms with E-state index in [1.54, 1.807) is 0 Å². The third-order valence-electron chi connectivity index (χ3n) is 14.8. The van der Waals surface area contributed by atoms with E-state index in [0.717, 1.165) is 98.7 Å². The molecular weight excluding hydrogens is 861 g/mol. The molecule has 0 radical (unpaired) electrons. The average molecular weight is 915 g/mol. The van der Waals surface area contributed by atoms with Gasteiger partial charge in [-0.3, -0.25) is 9.59 Å². The maximum Gasteiger partial charge on any atom is 0.407 e. The van der Waals surface area contributed by atoms with Crippen LogP contribution in [0.2, 0.25) is 0 Å². The van der Waals surface area contributed by atoms with Crippen LogP contribution < -0.4 is 10.6 Å². The summed E-state index contributed by atoms with van der Waals surface area (Å²) in [6, 6.07) is 30.8. The van der Waals surface area contributed by atoms with Crippen LogP contribution in [0.3, 0.4) is 0 Å². The molecule has 3 saturated heterocycles. The number of rotatable bonds is 10. The number of fused-ring (bicyclic) bond motifs is 6. The molecule has 15 nitrogen and oxygen atoms in total. The summed E-state index contributed by atoms with van der Waals surface area (Å²) in [7, 11) is 2.62. The van der Waals surface area contributed by atoms with Crippen LogP contribution in [0.4, 0.5) is 9.59 Å². The van der Waals surface area contributed by atoms with Gasteiger partial charge in [0.1, 0.15) is 23.7 Å². The van der Waals surface area contributed by atoms with E-state index < -0.39 is 24.3 Å². The van der Waals surface area contributed by atoms with Crippen LogP contribution >= 0.6 is 0 Å². The minimum absolute atomic E-state index is 0.0291. The Labute approximate surface area is 392 Å². The molecule has 68 heavy (non-hydrogen) atoms. The Morgan fingerprint density at radius 3 is 2.22 bits per heavy atom. The summed E-state index contributed by atoms with van der Waals surface area (Å²) in [5, 5.41) is 9.93. The number of nitrogens with one attached hydrogen (secondary N) is 4. The molecule has 5 aromatic carbocycles. The van der Waals surface area contributed by atoms with Gasteiger partial charge in [-0.1, -0.05) is 72.8 Å². The zero-order valence-electron chi connectivity index (χ0n) is 38.1. The second-order valence-electron chi connectivity index (χ2n) is 18.6. The van der Waals surface area contributed by atoms with E-state index in [9.17, 15) is 19.2 Å². The summed E-state index contributed by atoms with van der Waals surface area (Å²) in [4.78, 5) is 74.3. The van der Waals surface area contributed by atoms with Gasteiger partial charge in [0.25, 0.3) is 5.91 Å². The Hall–Kier alpha value is -7.26. The Balaban J connectivity index is 0.818. The van der Waals surface area contributed by atoms with Crippen LogP contribution in [0, 0.1) is 11.8 Å². The van der Waals surface area contributed by atoms with Gasteiger partial charge >= 0.3 is 12.2 Å². The van der Waals surface area contributed by atoms with Crippen LogP contribution in [0.15, 0.2) is 103 Å². The van der Waals surface area contributed by atoms with Gasteiger partial charge in [-0.05, 0) is 114 Å². The largest absolute Gasteiger partial charge is 0.453 e. The molecule has 1 saturated carbocycles. The van der Waals surface area contributed by atoms with Gasteiger partial charge in [-0.25, -0.2) is 19.6 Å². The second kappa shape index (κ2) is 18.1. The molecule has 348 valence electrons. The summed E-state index contributed by atoms with van der Waals surface area (Å²) in [5.41, 5.74) is 6.49. The number of H-pyrrole nitrogens is 2. The third-order valence-corrected chi connectivity index (χ3v) is 14.8. The maximum absolute atomic E-state index is 14.4. The number of carbonyl (C=O) groups is 4. The number of piperidine rings is 1. The lowest BCUT2D eigenvalue weighted by atomic mass is 9.89. The van der Waals surface area contributed by atoms with Crippen molar-refractivity contribution in [3.63, 3.8) is 0 Å². The monoisotopic (exact) mass is 914 g/mol. The molecule has 4 amide bonds.